The molecular weight excluding hydrogens is 455 g/mol. The van der Waals surface area contributed by atoms with E-state index in [9.17, 15) is 4.79 Å². The molecule has 1 aliphatic rings. The van der Waals surface area contributed by atoms with Crippen LogP contribution in [0.2, 0.25) is 0 Å². The molecule has 6 nitrogen and oxygen atoms in total. The number of carbonyl (C=O) groups is 1. The summed E-state index contributed by atoms with van der Waals surface area (Å²) in [6.45, 7) is 2.79. The van der Waals surface area contributed by atoms with Crippen LogP contribution in [0.15, 0.2) is 33.7 Å². The minimum Gasteiger partial charge on any atom is -0.459 e. The highest BCUT2D eigenvalue weighted by Crippen LogP contribution is 2.24. The summed E-state index contributed by atoms with van der Waals surface area (Å²) < 4.78 is 5.90. The Hall–Kier alpha value is -1.77. The van der Waals surface area contributed by atoms with Crippen molar-refractivity contribution in [3.8, 4) is 0 Å². The second kappa shape index (κ2) is 10.5. The summed E-state index contributed by atoms with van der Waals surface area (Å²) in [7, 11) is 1.69. The van der Waals surface area contributed by atoms with Crippen molar-refractivity contribution in [1.29, 1.82) is 0 Å². The normalized spacial score (nSPS) is 15.3. The number of furan rings is 1. The highest BCUT2D eigenvalue weighted by molar-refractivity contribution is 14.0. The molecule has 27 heavy (non-hydrogen) atoms. The molecule has 1 aromatic carbocycles. The smallest absolute Gasteiger partial charge is 0.239 e. The van der Waals surface area contributed by atoms with E-state index in [1.54, 1.807) is 7.05 Å². The maximum Gasteiger partial charge on any atom is 0.239 e. The Morgan fingerprint density at radius 2 is 1.93 bits per heavy atom. The van der Waals surface area contributed by atoms with Gasteiger partial charge in [-0.3, -0.25) is 9.79 Å². The number of nitrogens with zero attached hydrogens (tertiary/aromatic N) is 1. The number of nitrogens with one attached hydrogen (secondary N) is 3. The molecule has 148 valence electrons. The van der Waals surface area contributed by atoms with Crippen molar-refractivity contribution in [2.75, 3.05) is 13.6 Å². The average Bonchev–Trinajstić information content (AvgIpc) is 2.99. The van der Waals surface area contributed by atoms with E-state index in [-0.39, 0.29) is 36.4 Å². The number of guanidine groups is 1. The summed E-state index contributed by atoms with van der Waals surface area (Å²) in [6.07, 6.45) is 5.87. The second-order valence-electron chi connectivity index (χ2n) is 6.83. The lowest BCUT2D eigenvalue weighted by Crippen LogP contribution is -2.45. The molecule has 0 bridgehead atoms. The van der Waals surface area contributed by atoms with E-state index in [0.29, 0.717) is 18.5 Å². The summed E-state index contributed by atoms with van der Waals surface area (Å²) in [5.74, 6) is 1.48. The van der Waals surface area contributed by atoms with E-state index < -0.39 is 0 Å². The van der Waals surface area contributed by atoms with E-state index in [1.807, 2.05) is 18.2 Å². The van der Waals surface area contributed by atoms with Gasteiger partial charge >= 0.3 is 0 Å². The van der Waals surface area contributed by atoms with Crippen LogP contribution in [0.3, 0.4) is 0 Å². The molecule has 0 spiro atoms. The van der Waals surface area contributed by atoms with E-state index in [1.165, 1.54) is 19.3 Å². The topological polar surface area (TPSA) is 78.7 Å². The maximum atomic E-state index is 12.1. The second-order valence-corrected chi connectivity index (χ2v) is 6.83. The van der Waals surface area contributed by atoms with Gasteiger partial charge in [-0.15, -0.1) is 24.0 Å². The molecule has 1 aliphatic carbocycles. The lowest BCUT2D eigenvalue weighted by molar-refractivity contribution is -0.120. The van der Waals surface area contributed by atoms with Crippen LogP contribution < -0.4 is 16.0 Å². The molecule has 0 aliphatic heterocycles. The van der Waals surface area contributed by atoms with E-state index in [2.05, 4.69) is 33.9 Å². The third-order valence-corrected chi connectivity index (χ3v) is 4.97. The van der Waals surface area contributed by atoms with Crippen molar-refractivity contribution in [3.05, 3.63) is 35.6 Å². The zero-order valence-corrected chi connectivity index (χ0v) is 18.3. The summed E-state index contributed by atoms with van der Waals surface area (Å²) in [5.41, 5.74) is 2.01. The monoisotopic (exact) mass is 484 g/mol. The van der Waals surface area contributed by atoms with Crippen molar-refractivity contribution in [2.45, 2.75) is 51.6 Å². The summed E-state index contributed by atoms with van der Waals surface area (Å²) >= 11 is 0. The van der Waals surface area contributed by atoms with Crippen molar-refractivity contribution in [1.82, 2.24) is 16.0 Å². The number of fused-ring (bicyclic) bond motifs is 1. The number of halogens is 1. The lowest BCUT2D eigenvalue weighted by atomic mass is 9.95. The molecule has 0 atom stereocenters. The molecule has 1 saturated carbocycles. The molecule has 2 aromatic rings. The number of aryl methyl sites for hydroxylation is 1. The molecule has 1 aromatic heterocycles. The molecule has 0 saturated heterocycles. The van der Waals surface area contributed by atoms with Crippen molar-refractivity contribution < 1.29 is 9.21 Å². The minimum absolute atomic E-state index is 0. The largest absolute Gasteiger partial charge is 0.459 e. The molecular formula is C20H29IN4O2. The highest BCUT2D eigenvalue weighted by Gasteiger charge is 2.16. The number of amides is 1. The Labute approximate surface area is 177 Å². The van der Waals surface area contributed by atoms with Gasteiger partial charge in [0.2, 0.25) is 5.91 Å². The fourth-order valence-corrected chi connectivity index (χ4v) is 3.47. The lowest BCUT2D eigenvalue weighted by Gasteiger charge is -2.23. The van der Waals surface area contributed by atoms with Crippen molar-refractivity contribution >= 4 is 46.8 Å². The zero-order valence-electron chi connectivity index (χ0n) is 16.0. The summed E-state index contributed by atoms with van der Waals surface area (Å²) in [6, 6.07) is 8.32. The van der Waals surface area contributed by atoms with Crippen LogP contribution in [0.4, 0.5) is 0 Å². The third-order valence-electron chi connectivity index (χ3n) is 4.97. The molecule has 7 heteroatoms. The molecule has 1 amide bonds. The van der Waals surface area contributed by atoms with Crippen molar-refractivity contribution in [3.63, 3.8) is 0 Å². The molecule has 3 rings (SSSR count). The Morgan fingerprint density at radius 3 is 2.63 bits per heavy atom. The average molecular weight is 484 g/mol. The number of benzene rings is 1. The number of rotatable bonds is 5. The van der Waals surface area contributed by atoms with E-state index in [4.69, 9.17) is 4.42 Å². The van der Waals surface area contributed by atoms with Gasteiger partial charge in [0.1, 0.15) is 11.3 Å². The van der Waals surface area contributed by atoms with Crippen LogP contribution in [0.1, 0.15) is 43.4 Å². The van der Waals surface area contributed by atoms with Gasteiger partial charge in [0.25, 0.3) is 0 Å². The first-order chi connectivity index (χ1) is 12.7. The third kappa shape index (κ3) is 5.85. The number of para-hydroxylation sites is 1. The highest BCUT2D eigenvalue weighted by atomic mass is 127. The predicted octanol–water partition coefficient (Wildman–Crippen LogP) is 3.47. The van der Waals surface area contributed by atoms with Gasteiger partial charge in [-0.2, -0.15) is 0 Å². The number of hydrogen-bond acceptors (Lipinski definition) is 3. The quantitative estimate of drug-likeness (QED) is 0.345. The number of carbonyl (C=O) groups excluding carboxylic acids is 1. The Bertz CT molecular complexity index is 781. The summed E-state index contributed by atoms with van der Waals surface area (Å²) in [5, 5.41) is 10.5. The van der Waals surface area contributed by atoms with Crippen LogP contribution >= 0.6 is 24.0 Å². The SMILES string of the molecule is CN=C(NCC(=O)NC1CCCCC1)NCc1oc2ccccc2c1C.I. The first-order valence-electron chi connectivity index (χ1n) is 9.38. The Kier molecular flexibility index (Phi) is 8.40. The first-order valence-corrected chi connectivity index (χ1v) is 9.38. The van der Waals surface area contributed by atoms with Gasteiger partial charge in [0.05, 0.1) is 13.1 Å². The van der Waals surface area contributed by atoms with Crippen LogP contribution in [0.5, 0.6) is 0 Å². The van der Waals surface area contributed by atoms with Gasteiger partial charge < -0.3 is 20.4 Å². The van der Waals surface area contributed by atoms with Gasteiger partial charge in [0.15, 0.2) is 5.96 Å². The zero-order chi connectivity index (χ0) is 18.4. The van der Waals surface area contributed by atoms with Gasteiger partial charge in [-0.05, 0) is 25.8 Å². The molecule has 1 heterocycles. The fraction of sp³-hybridized carbons (Fsp3) is 0.500. The van der Waals surface area contributed by atoms with Crippen LogP contribution in [0, 0.1) is 6.92 Å². The van der Waals surface area contributed by atoms with Crippen LogP contribution in [0.25, 0.3) is 11.0 Å². The Morgan fingerprint density at radius 1 is 1.19 bits per heavy atom. The summed E-state index contributed by atoms with van der Waals surface area (Å²) in [4.78, 5) is 16.3. The standard InChI is InChI=1S/C20H28N4O2.HI/c1-14-16-10-6-7-11-17(16)26-18(14)12-22-20(21-2)23-13-19(25)24-15-8-4-3-5-9-15;/h6-7,10-11,15H,3-5,8-9,12-13H2,1-2H3,(H,24,25)(H2,21,22,23);1H. The van der Waals surface area contributed by atoms with Gasteiger partial charge in [-0.1, -0.05) is 37.5 Å². The maximum absolute atomic E-state index is 12.1. The number of hydrogen-bond donors (Lipinski definition) is 3. The van der Waals surface area contributed by atoms with Crippen molar-refractivity contribution in [2.24, 2.45) is 4.99 Å². The number of aliphatic imine (C=N–C) groups is 1. The molecule has 0 unspecified atom stereocenters. The van der Waals surface area contributed by atoms with E-state index in [0.717, 1.165) is 35.1 Å². The fourth-order valence-electron chi connectivity index (χ4n) is 3.47. The van der Waals surface area contributed by atoms with Gasteiger partial charge in [-0.25, -0.2) is 0 Å². The van der Waals surface area contributed by atoms with E-state index >= 15 is 0 Å². The minimum atomic E-state index is 0. The molecule has 3 N–H and O–H groups in total. The predicted molar refractivity (Wildman–Crippen MR) is 120 cm³/mol. The van der Waals surface area contributed by atoms with Gasteiger partial charge in [0, 0.05) is 24.0 Å². The first kappa shape index (κ1) is 21.5. The molecule has 1 fully saturated rings. The Balaban J connectivity index is 0.00000261. The van der Waals surface area contributed by atoms with Crippen LogP contribution in [-0.4, -0.2) is 31.5 Å². The van der Waals surface area contributed by atoms with Crippen LogP contribution in [-0.2, 0) is 11.3 Å². The molecule has 0 radical (unpaired) electrons.